The second-order valence-electron chi connectivity index (χ2n) is 7.78. The third kappa shape index (κ3) is 4.74. The molecule has 0 amide bonds. The smallest absolute Gasteiger partial charge is 0.361 e. The average molecular weight is 428 g/mol. The fraction of sp³-hybridized carbons (Fsp3) is 0.368. The summed E-state index contributed by atoms with van der Waals surface area (Å²) in [5.74, 6) is 0. The third-order valence-electron chi connectivity index (χ3n) is 4.34. The van der Waals surface area contributed by atoms with Gasteiger partial charge in [-0.2, -0.15) is 13.2 Å². The van der Waals surface area contributed by atoms with Crippen LogP contribution in [0.15, 0.2) is 36.7 Å². The molecule has 0 aliphatic carbocycles. The number of ether oxygens (including phenoxy) is 1. The number of halogens is 4. The van der Waals surface area contributed by atoms with Crippen LogP contribution in [-0.2, 0) is 17.6 Å². The molecule has 150 valence electrons. The number of nitrogens with zero attached hydrogens (tertiary/aromatic N) is 3. The van der Waals surface area contributed by atoms with Crippen LogP contribution in [-0.4, -0.2) is 29.2 Å². The number of para-hydroxylation sites is 1. The lowest BCUT2D eigenvalue weighted by atomic mass is 10.1. The van der Waals surface area contributed by atoms with Crippen LogP contribution in [0.3, 0.4) is 0 Å². The van der Waals surface area contributed by atoms with Crippen LogP contribution in [0, 0.1) is 0 Å². The van der Waals surface area contributed by atoms with Gasteiger partial charge in [0.2, 0.25) is 5.28 Å². The molecule has 0 radical (unpaired) electrons. The molecule has 0 bridgehead atoms. The summed E-state index contributed by atoms with van der Waals surface area (Å²) in [5.41, 5.74) is -0.0293. The van der Waals surface area contributed by atoms with Crippen molar-refractivity contribution >= 4 is 30.6 Å². The van der Waals surface area contributed by atoms with Crippen molar-refractivity contribution in [3.63, 3.8) is 0 Å². The minimum absolute atomic E-state index is 0.230. The quantitative estimate of drug-likeness (QED) is 0.272. The van der Waals surface area contributed by atoms with E-state index in [1.54, 1.807) is 22.9 Å². The number of alkyl halides is 3. The van der Waals surface area contributed by atoms with E-state index in [4.69, 9.17) is 16.3 Å². The maximum atomic E-state index is 13.5. The topological polar surface area (TPSA) is 39.9 Å². The summed E-state index contributed by atoms with van der Waals surface area (Å²) in [5, 5.41) is 0.419. The highest BCUT2D eigenvalue weighted by Gasteiger charge is 2.36. The maximum Gasteiger partial charge on any atom is 0.419 e. The normalized spacial score (nSPS) is 12.7. The Balaban J connectivity index is 2.01. The second kappa shape index (κ2) is 7.85. The summed E-state index contributed by atoms with van der Waals surface area (Å²) < 4.78 is 48.0. The minimum Gasteiger partial charge on any atom is -0.361 e. The van der Waals surface area contributed by atoms with E-state index < -0.39 is 19.8 Å². The molecule has 0 saturated carbocycles. The molecular weight excluding hydrogens is 407 g/mol. The summed E-state index contributed by atoms with van der Waals surface area (Å²) in [6.07, 6.45) is -2.23. The molecule has 0 unspecified atom stereocenters. The molecule has 3 rings (SSSR count). The monoisotopic (exact) mass is 427 g/mol. The standard InChI is InChI=1S/C19H21ClF3N3OSi/c1-28(2,3)9-8-27-12-26-11-14(13-6-4-5-7-16(13)26)17-15(19(21,22)23)10-24-18(20)25-17/h4-7,10-11H,8-9,12H2,1-3H3. The van der Waals surface area contributed by atoms with Gasteiger partial charge < -0.3 is 9.30 Å². The van der Waals surface area contributed by atoms with Crippen molar-refractivity contribution in [2.24, 2.45) is 0 Å². The molecule has 9 heteroatoms. The Morgan fingerprint density at radius 1 is 1.18 bits per heavy atom. The van der Waals surface area contributed by atoms with E-state index in [1.807, 2.05) is 12.1 Å². The first-order valence-electron chi connectivity index (χ1n) is 8.82. The summed E-state index contributed by atoms with van der Waals surface area (Å²) in [6.45, 7) is 7.65. The van der Waals surface area contributed by atoms with Gasteiger partial charge in [-0.05, 0) is 23.7 Å². The molecule has 3 aromatic rings. The molecule has 0 atom stereocenters. The number of hydrogen-bond donors (Lipinski definition) is 0. The summed E-state index contributed by atoms with van der Waals surface area (Å²) in [7, 11) is -1.22. The fourth-order valence-corrected chi connectivity index (χ4v) is 3.75. The Labute approximate surface area is 167 Å². The third-order valence-corrected chi connectivity index (χ3v) is 6.22. The highest BCUT2D eigenvalue weighted by molar-refractivity contribution is 6.76. The molecule has 0 fully saturated rings. The number of benzene rings is 1. The van der Waals surface area contributed by atoms with E-state index in [0.717, 1.165) is 17.8 Å². The molecule has 0 aliphatic rings. The predicted molar refractivity (Wildman–Crippen MR) is 107 cm³/mol. The van der Waals surface area contributed by atoms with Gasteiger partial charge >= 0.3 is 6.18 Å². The van der Waals surface area contributed by atoms with Gasteiger partial charge in [-0.1, -0.05) is 37.8 Å². The highest BCUT2D eigenvalue weighted by Crippen LogP contribution is 2.39. The van der Waals surface area contributed by atoms with Gasteiger partial charge in [0.25, 0.3) is 0 Å². The zero-order chi connectivity index (χ0) is 20.5. The van der Waals surface area contributed by atoms with Gasteiger partial charge in [0.05, 0.1) is 11.2 Å². The van der Waals surface area contributed by atoms with Crippen molar-refractivity contribution < 1.29 is 17.9 Å². The Morgan fingerprint density at radius 2 is 1.89 bits per heavy atom. The fourth-order valence-electron chi connectivity index (χ4n) is 2.86. The first-order chi connectivity index (χ1) is 13.1. The van der Waals surface area contributed by atoms with Crippen molar-refractivity contribution in [2.75, 3.05) is 6.61 Å². The second-order valence-corrected chi connectivity index (χ2v) is 13.7. The van der Waals surface area contributed by atoms with Crippen LogP contribution in [0.4, 0.5) is 13.2 Å². The SMILES string of the molecule is C[Si](C)(C)CCOCn1cc(-c2nc(Cl)ncc2C(F)(F)F)c2ccccc21. The number of aromatic nitrogens is 3. The van der Waals surface area contributed by atoms with Crippen molar-refractivity contribution in [2.45, 2.75) is 38.6 Å². The number of hydrogen-bond acceptors (Lipinski definition) is 3. The molecule has 1 aromatic carbocycles. The lowest BCUT2D eigenvalue weighted by molar-refractivity contribution is -0.137. The van der Waals surface area contributed by atoms with Crippen LogP contribution < -0.4 is 0 Å². The Kier molecular flexibility index (Phi) is 5.83. The van der Waals surface area contributed by atoms with E-state index in [1.165, 1.54) is 0 Å². The Morgan fingerprint density at radius 3 is 2.57 bits per heavy atom. The molecule has 4 nitrogen and oxygen atoms in total. The number of fused-ring (bicyclic) bond motifs is 1. The van der Waals surface area contributed by atoms with Crippen molar-refractivity contribution in [1.29, 1.82) is 0 Å². The maximum absolute atomic E-state index is 13.5. The number of rotatable bonds is 6. The van der Waals surface area contributed by atoms with Crippen LogP contribution in [0.2, 0.25) is 31.0 Å². The largest absolute Gasteiger partial charge is 0.419 e. The lowest BCUT2D eigenvalue weighted by Crippen LogP contribution is -2.21. The summed E-state index contributed by atoms with van der Waals surface area (Å²) in [6, 6.07) is 8.23. The van der Waals surface area contributed by atoms with Crippen LogP contribution in [0.25, 0.3) is 22.2 Å². The van der Waals surface area contributed by atoms with Gasteiger partial charge in [0, 0.05) is 38.0 Å². The first-order valence-corrected chi connectivity index (χ1v) is 12.9. The van der Waals surface area contributed by atoms with Crippen molar-refractivity contribution in [3.8, 4) is 11.3 Å². The molecule has 0 spiro atoms. The van der Waals surface area contributed by atoms with Gasteiger partial charge in [-0.25, -0.2) is 9.97 Å². The van der Waals surface area contributed by atoms with E-state index in [9.17, 15) is 13.2 Å². The molecule has 2 aromatic heterocycles. The Bertz CT molecular complexity index is 983. The van der Waals surface area contributed by atoms with E-state index in [0.29, 0.717) is 17.6 Å². The van der Waals surface area contributed by atoms with Crippen LogP contribution in [0.1, 0.15) is 5.56 Å². The van der Waals surface area contributed by atoms with Gasteiger partial charge in [-0.3, -0.25) is 0 Å². The molecule has 0 saturated heterocycles. The average Bonchev–Trinajstić information content (AvgIpc) is 2.95. The lowest BCUT2D eigenvalue weighted by Gasteiger charge is -2.15. The molecule has 0 N–H and O–H groups in total. The van der Waals surface area contributed by atoms with Gasteiger partial charge in [-0.15, -0.1) is 0 Å². The molecule has 0 aliphatic heterocycles. The predicted octanol–water partition coefficient (Wildman–Crippen LogP) is 6.08. The zero-order valence-corrected chi connectivity index (χ0v) is 17.6. The molecule has 28 heavy (non-hydrogen) atoms. The first kappa shape index (κ1) is 20.8. The molecule has 2 heterocycles. The van der Waals surface area contributed by atoms with Gasteiger partial charge in [0.1, 0.15) is 12.3 Å². The zero-order valence-electron chi connectivity index (χ0n) is 15.8. The van der Waals surface area contributed by atoms with Crippen molar-refractivity contribution in [3.05, 3.63) is 47.5 Å². The highest BCUT2D eigenvalue weighted by atomic mass is 35.5. The Hall–Kier alpha value is -1.90. The molecular formula is C19H21ClF3N3OSi. The van der Waals surface area contributed by atoms with E-state index >= 15 is 0 Å². The van der Waals surface area contributed by atoms with Crippen LogP contribution >= 0.6 is 11.6 Å². The van der Waals surface area contributed by atoms with Crippen molar-refractivity contribution in [1.82, 2.24) is 14.5 Å². The summed E-state index contributed by atoms with van der Waals surface area (Å²) >= 11 is 5.80. The minimum atomic E-state index is -4.59. The summed E-state index contributed by atoms with van der Waals surface area (Å²) in [4.78, 5) is 7.40. The van der Waals surface area contributed by atoms with E-state index in [-0.39, 0.29) is 17.7 Å². The van der Waals surface area contributed by atoms with Gasteiger partial charge in [0.15, 0.2) is 0 Å². The van der Waals surface area contributed by atoms with E-state index in [2.05, 4.69) is 29.6 Å². The van der Waals surface area contributed by atoms with Crippen LogP contribution in [0.5, 0.6) is 0 Å².